The van der Waals surface area contributed by atoms with Crippen molar-refractivity contribution >= 4 is 6.03 Å². The third-order valence-electron chi connectivity index (χ3n) is 3.73. The lowest BCUT2D eigenvalue weighted by Crippen LogP contribution is -2.47. The smallest absolute Gasteiger partial charge is 0.318 e. The SMILES string of the molecule is Cc1ncc(CNC(=O)N2CCOCC2c2ccc(F)cc2)o1. The van der Waals surface area contributed by atoms with Gasteiger partial charge < -0.3 is 19.4 Å². The van der Waals surface area contributed by atoms with Gasteiger partial charge in [-0.2, -0.15) is 0 Å². The van der Waals surface area contributed by atoms with Crippen molar-refractivity contribution in [1.29, 1.82) is 0 Å². The molecule has 0 aliphatic carbocycles. The molecule has 6 nitrogen and oxygen atoms in total. The van der Waals surface area contributed by atoms with E-state index in [1.807, 2.05) is 0 Å². The van der Waals surface area contributed by atoms with Gasteiger partial charge in [0.25, 0.3) is 0 Å². The van der Waals surface area contributed by atoms with Gasteiger partial charge in [0.15, 0.2) is 5.89 Å². The highest BCUT2D eigenvalue weighted by Gasteiger charge is 2.28. The van der Waals surface area contributed by atoms with Crippen molar-refractivity contribution in [3.63, 3.8) is 0 Å². The monoisotopic (exact) mass is 319 g/mol. The van der Waals surface area contributed by atoms with Crippen LogP contribution in [0.25, 0.3) is 0 Å². The van der Waals surface area contributed by atoms with Crippen molar-refractivity contribution < 1.29 is 18.3 Å². The Kier molecular flexibility index (Phi) is 4.57. The molecule has 1 aliphatic heterocycles. The Bertz CT molecular complexity index is 671. The Morgan fingerprint density at radius 3 is 2.91 bits per heavy atom. The number of amides is 2. The zero-order chi connectivity index (χ0) is 16.2. The molecule has 2 heterocycles. The van der Waals surface area contributed by atoms with E-state index in [1.165, 1.54) is 12.1 Å². The Morgan fingerprint density at radius 1 is 1.43 bits per heavy atom. The number of aryl methyl sites for hydroxylation is 1. The zero-order valence-corrected chi connectivity index (χ0v) is 12.8. The van der Waals surface area contributed by atoms with Crippen molar-refractivity contribution in [2.75, 3.05) is 19.8 Å². The van der Waals surface area contributed by atoms with Crippen molar-refractivity contribution in [2.24, 2.45) is 0 Å². The number of hydrogen-bond acceptors (Lipinski definition) is 4. The van der Waals surface area contributed by atoms with Gasteiger partial charge in [0.2, 0.25) is 0 Å². The molecule has 1 aromatic heterocycles. The van der Waals surface area contributed by atoms with Gasteiger partial charge in [-0.15, -0.1) is 0 Å². The van der Waals surface area contributed by atoms with E-state index in [-0.39, 0.29) is 24.4 Å². The highest BCUT2D eigenvalue weighted by Crippen LogP contribution is 2.24. The Balaban J connectivity index is 1.67. The number of nitrogens with one attached hydrogen (secondary N) is 1. The van der Waals surface area contributed by atoms with Crippen LogP contribution in [-0.4, -0.2) is 35.7 Å². The van der Waals surface area contributed by atoms with E-state index in [0.717, 1.165) is 5.56 Å². The van der Waals surface area contributed by atoms with Crippen LogP contribution in [0.15, 0.2) is 34.9 Å². The van der Waals surface area contributed by atoms with Gasteiger partial charge in [-0.05, 0) is 17.7 Å². The highest BCUT2D eigenvalue weighted by atomic mass is 19.1. The van der Waals surface area contributed by atoms with Crippen molar-refractivity contribution in [3.8, 4) is 0 Å². The largest absolute Gasteiger partial charge is 0.444 e. The maximum absolute atomic E-state index is 13.1. The molecule has 1 saturated heterocycles. The quantitative estimate of drug-likeness (QED) is 0.943. The fraction of sp³-hybridized carbons (Fsp3) is 0.375. The van der Waals surface area contributed by atoms with E-state index in [0.29, 0.717) is 31.4 Å². The highest BCUT2D eigenvalue weighted by molar-refractivity contribution is 5.74. The van der Waals surface area contributed by atoms with Gasteiger partial charge in [-0.3, -0.25) is 0 Å². The summed E-state index contributed by atoms with van der Waals surface area (Å²) in [4.78, 5) is 18.1. The number of aromatic nitrogens is 1. The second kappa shape index (κ2) is 6.78. The van der Waals surface area contributed by atoms with E-state index < -0.39 is 0 Å². The number of morpholine rings is 1. The average Bonchev–Trinajstić information content (AvgIpc) is 2.99. The molecule has 3 rings (SSSR count). The molecule has 1 atom stereocenters. The lowest BCUT2D eigenvalue weighted by atomic mass is 10.1. The van der Waals surface area contributed by atoms with Gasteiger partial charge in [-0.25, -0.2) is 14.2 Å². The third-order valence-corrected chi connectivity index (χ3v) is 3.73. The first-order valence-corrected chi connectivity index (χ1v) is 7.42. The number of hydrogen-bond donors (Lipinski definition) is 1. The second-order valence-corrected chi connectivity index (χ2v) is 5.34. The van der Waals surface area contributed by atoms with Crippen LogP contribution in [0.5, 0.6) is 0 Å². The summed E-state index contributed by atoms with van der Waals surface area (Å²) in [6, 6.07) is 5.68. The van der Waals surface area contributed by atoms with Crippen LogP contribution >= 0.6 is 0 Å². The number of carbonyl (C=O) groups is 1. The minimum atomic E-state index is -0.304. The molecule has 1 aliphatic rings. The molecule has 2 amide bonds. The van der Waals surface area contributed by atoms with Crippen LogP contribution in [0.4, 0.5) is 9.18 Å². The molecule has 1 aromatic carbocycles. The number of oxazole rings is 1. The molecule has 0 saturated carbocycles. The molecule has 1 fully saturated rings. The lowest BCUT2D eigenvalue weighted by molar-refractivity contribution is 0.0115. The summed E-state index contributed by atoms with van der Waals surface area (Å²) < 4.78 is 23.9. The predicted molar refractivity (Wildman–Crippen MR) is 80.1 cm³/mol. The summed E-state index contributed by atoms with van der Waals surface area (Å²) in [7, 11) is 0. The van der Waals surface area contributed by atoms with Crippen molar-refractivity contribution in [2.45, 2.75) is 19.5 Å². The zero-order valence-electron chi connectivity index (χ0n) is 12.8. The van der Waals surface area contributed by atoms with Crippen LogP contribution in [-0.2, 0) is 11.3 Å². The first-order valence-electron chi connectivity index (χ1n) is 7.42. The average molecular weight is 319 g/mol. The van der Waals surface area contributed by atoms with Crippen LogP contribution in [0, 0.1) is 12.7 Å². The number of carbonyl (C=O) groups excluding carboxylic acids is 1. The maximum Gasteiger partial charge on any atom is 0.318 e. The standard InChI is InChI=1S/C16H18FN3O3/c1-11-18-8-14(23-11)9-19-16(21)20-6-7-22-10-15(20)12-2-4-13(17)5-3-12/h2-5,8,15H,6-7,9-10H2,1H3,(H,19,21). The maximum atomic E-state index is 13.1. The minimum Gasteiger partial charge on any atom is -0.444 e. The van der Waals surface area contributed by atoms with Gasteiger partial charge in [0.1, 0.15) is 11.6 Å². The molecule has 0 radical (unpaired) electrons. The number of rotatable bonds is 3. The van der Waals surface area contributed by atoms with E-state index in [1.54, 1.807) is 30.2 Å². The van der Waals surface area contributed by atoms with Crippen LogP contribution < -0.4 is 5.32 Å². The number of urea groups is 1. The van der Waals surface area contributed by atoms with Gasteiger partial charge in [0.05, 0.1) is 32.0 Å². The van der Waals surface area contributed by atoms with Crippen LogP contribution in [0.1, 0.15) is 23.3 Å². The molecule has 122 valence electrons. The topological polar surface area (TPSA) is 67.6 Å². The van der Waals surface area contributed by atoms with E-state index in [2.05, 4.69) is 10.3 Å². The third kappa shape index (κ3) is 3.68. The summed E-state index contributed by atoms with van der Waals surface area (Å²) in [5, 5.41) is 2.82. The van der Waals surface area contributed by atoms with Gasteiger partial charge in [0, 0.05) is 13.5 Å². The molecule has 7 heteroatoms. The Morgan fingerprint density at radius 2 is 2.22 bits per heavy atom. The normalized spacial score (nSPS) is 18.0. The molecular weight excluding hydrogens is 301 g/mol. The summed E-state index contributed by atoms with van der Waals surface area (Å²) in [5.41, 5.74) is 0.844. The van der Waals surface area contributed by atoms with Crippen molar-refractivity contribution in [1.82, 2.24) is 15.2 Å². The molecule has 0 spiro atoms. The lowest BCUT2D eigenvalue weighted by Gasteiger charge is -2.35. The summed E-state index contributed by atoms with van der Waals surface area (Å²) >= 11 is 0. The molecular formula is C16H18FN3O3. The second-order valence-electron chi connectivity index (χ2n) is 5.34. The Labute approximate surface area is 133 Å². The summed E-state index contributed by atoms with van der Waals surface area (Å²) in [6.45, 7) is 3.36. The van der Waals surface area contributed by atoms with Gasteiger partial charge in [-0.1, -0.05) is 12.1 Å². The summed E-state index contributed by atoms with van der Waals surface area (Å²) in [5.74, 6) is 0.856. The van der Waals surface area contributed by atoms with E-state index in [9.17, 15) is 9.18 Å². The van der Waals surface area contributed by atoms with Crippen LogP contribution in [0.3, 0.4) is 0 Å². The summed E-state index contributed by atoms with van der Waals surface area (Å²) in [6.07, 6.45) is 1.59. The number of ether oxygens (including phenoxy) is 1. The molecule has 0 bridgehead atoms. The Hall–Kier alpha value is -2.41. The number of halogens is 1. The number of benzene rings is 1. The fourth-order valence-corrected chi connectivity index (χ4v) is 2.56. The van der Waals surface area contributed by atoms with Gasteiger partial charge >= 0.3 is 6.03 Å². The predicted octanol–water partition coefficient (Wildman–Crippen LogP) is 2.41. The first kappa shape index (κ1) is 15.5. The van der Waals surface area contributed by atoms with Crippen molar-refractivity contribution in [3.05, 3.63) is 53.5 Å². The molecule has 2 aromatic rings. The fourth-order valence-electron chi connectivity index (χ4n) is 2.56. The minimum absolute atomic E-state index is 0.211. The van der Waals surface area contributed by atoms with E-state index in [4.69, 9.17) is 9.15 Å². The van der Waals surface area contributed by atoms with Crippen LogP contribution in [0.2, 0.25) is 0 Å². The first-order chi connectivity index (χ1) is 11.1. The molecule has 23 heavy (non-hydrogen) atoms. The molecule has 1 N–H and O–H groups in total. The number of nitrogens with zero attached hydrogens (tertiary/aromatic N) is 2. The van der Waals surface area contributed by atoms with E-state index >= 15 is 0 Å². The molecule has 1 unspecified atom stereocenters.